The molecular formula is C3H8ClNO5S. The number of halogens is 1. The quantitative estimate of drug-likeness (QED) is 0.494. The molecule has 0 fully saturated rings. The highest BCUT2D eigenvalue weighted by Gasteiger charge is 2.18. The molecule has 0 bridgehead atoms. The Kier molecular flexibility index (Phi) is 5.41. The second kappa shape index (κ2) is 4.50. The van der Waals surface area contributed by atoms with E-state index in [0.717, 1.165) is 0 Å². The van der Waals surface area contributed by atoms with Gasteiger partial charge >= 0.3 is 5.97 Å². The minimum absolute atomic E-state index is 0. The minimum Gasteiger partial charge on any atom is -0.480 e. The number of carboxylic acids is 1. The van der Waals surface area contributed by atoms with Crippen molar-refractivity contribution >= 4 is 28.5 Å². The standard InChI is InChI=1S/C3H7NO5S.ClH/c4-2(3(5)6)1-10(7,8)9;/h2H,1,4H2,(H,5,6)(H,7,8,9);1H. The van der Waals surface area contributed by atoms with Crippen LogP contribution in [0.15, 0.2) is 0 Å². The van der Waals surface area contributed by atoms with Gasteiger partial charge in [-0.2, -0.15) is 8.42 Å². The van der Waals surface area contributed by atoms with Crippen LogP contribution in [0.1, 0.15) is 0 Å². The lowest BCUT2D eigenvalue weighted by molar-refractivity contribution is -0.138. The van der Waals surface area contributed by atoms with Gasteiger partial charge in [0.05, 0.1) is 0 Å². The van der Waals surface area contributed by atoms with E-state index >= 15 is 0 Å². The van der Waals surface area contributed by atoms with Gasteiger partial charge in [0.25, 0.3) is 10.1 Å². The maximum absolute atomic E-state index is 9.96. The number of rotatable bonds is 3. The van der Waals surface area contributed by atoms with E-state index in [2.05, 4.69) is 0 Å². The molecule has 0 aromatic heterocycles. The summed E-state index contributed by atoms with van der Waals surface area (Å²) >= 11 is 0. The van der Waals surface area contributed by atoms with E-state index in [4.69, 9.17) is 15.4 Å². The molecule has 6 nitrogen and oxygen atoms in total. The van der Waals surface area contributed by atoms with Gasteiger partial charge in [-0.05, 0) is 0 Å². The van der Waals surface area contributed by atoms with Gasteiger partial charge in [-0.15, -0.1) is 12.4 Å². The lowest BCUT2D eigenvalue weighted by Crippen LogP contribution is -2.36. The first-order chi connectivity index (χ1) is 4.33. The molecule has 0 aliphatic rings. The van der Waals surface area contributed by atoms with Crippen molar-refractivity contribution in [3.63, 3.8) is 0 Å². The van der Waals surface area contributed by atoms with E-state index in [1.165, 1.54) is 0 Å². The molecule has 0 saturated carbocycles. The van der Waals surface area contributed by atoms with Crippen molar-refractivity contribution in [1.82, 2.24) is 0 Å². The van der Waals surface area contributed by atoms with Gasteiger partial charge in [0.2, 0.25) is 0 Å². The number of aliphatic carboxylic acids is 1. The molecule has 0 rings (SSSR count). The van der Waals surface area contributed by atoms with Gasteiger partial charge in [0.1, 0.15) is 11.8 Å². The molecule has 8 heteroatoms. The Morgan fingerprint density at radius 3 is 2.00 bits per heavy atom. The maximum atomic E-state index is 9.96. The summed E-state index contributed by atoms with van der Waals surface area (Å²) in [6.07, 6.45) is 0. The first kappa shape index (κ1) is 13.2. The first-order valence-electron chi connectivity index (χ1n) is 2.26. The highest BCUT2D eigenvalue weighted by molar-refractivity contribution is 7.85. The number of nitrogens with two attached hydrogens (primary N) is 1. The van der Waals surface area contributed by atoms with Gasteiger partial charge in [-0.3, -0.25) is 9.35 Å². The van der Waals surface area contributed by atoms with Crippen LogP contribution in [0.2, 0.25) is 0 Å². The van der Waals surface area contributed by atoms with E-state index in [1.807, 2.05) is 0 Å². The van der Waals surface area contributed by atoms with Crippen LogP contribution >= 0.6 is 12.4 Å². The molecule has 0 aliphatic heterocycles. The molecule has 0 saturated heterocycles. The summed E-state index contributed by atoms with van der Waals surface area (Å²) in [6.45, 7) is 0. The second-order valence-corrected chi connectivity index (χ2v) is 3.19. The fourth-order valence-corrected chi connectivity index (χ4v) is 0.895. The normalized spacial score (nSPS) is 13.3. The predicted octanol–water partition coefficient (Wildman–Crippen LogP) is -1.29. The van der Waals surface area contributed by atoms with Crippen LogP contribution in [0, 0.1) is 0 Å². The zero-order valence-electron chi connectivity index (χ0n) is 5.30. The Hall–Kier alpha value is -0.370. The van der Waals surface area contributed by atoms with Crippen molar-refractivity contribution in [1.29, 1.82) is 0 Å². The lowest BCUT2D eigenvalue weighted by Gasteiger charge is -2.01. The minimum atomic E-state index is -4.27. The number of hydrogen-bond donors (Lipinski definition) is 3. The van der Waals surface area contributed by atoms with E-state index in [-0.39, 0.29) is 12.4 Å². The summed E-state index contributed by atoms with van der Waals surface area (Å²) in [5.41, 5.74) is 4.76. The first-order valence-corrected chi connectivity index (χ1v) is 3.87. The highest BCUT2D eigenvalue weighted by atomic mass is 35.5. The van der Waals surface area contributed by atoms with Crippen LogP contribution in [0.4, 0.5) is 0 Å². The monoisotopic (exact) mass is 205 g/mol. The van der Waals surface area contributed by atoms with Crippen LogP contribution in [0.5, 0.6) is 0 Å². The Morgan fingerprint density at radius 1 is 1.55 bits per heavy atom. The highest BCUT2D eigenvalue weighted by Crippen LogP contribution is 1.86. The molecule has 0 heterocycles. The smallest absolute Gasteiger partial charge is 0.321 e. The SMILES string of the molecule is Cl.NC(CS(=O)(=O)O)C(=O)O. The average molecular weight is 206 g/mol. The second-order valence-electron chi connectivity index (χ2n) is 1.69. The molecule has 1 unspecified atom stereocenters. The maximum Gasteiger partial charge on any atom is 0.321 e. The molecule has 0 aromatic carbocycles. The largest absolute Gasteiger partial charge is 0.480 e. The summed E-state index contributed by atoms with van der Waals surface area (Å²) in [7, 11) is -4.27. The summed E-state index contributed by atoms with van der Waals surface area (Å²) in [5, 5.41) is 8.04. The van der Waals surface area contributed by atoms with E-state index in [9.17, 15) is 13.2 Å². The lowest BCUT2D eigenvalue weighted by atomic mass is 10.4. The van der Waals surface area contributed by atoms with E-state index in [1.54, 1.807) is 0 Å². The van der Waals surface area contributed by atoms with Crippen LogP contribution in [0.3, 0.4) is 0 Å². The van der Waals surface area contributed by atoms with Crippen LogP contribution in [0.25, 0.3) is 0 Å². The molecule has 68 valence electrons. The molecular weight excluding hydrogens is 198 g/mol. The fraction of sp³-hybridized carbons (Fsp3) is 0.667. The van der Waals surface area contributed by atoms with E-state index < -0.39 is 27.9 Å². The van der Waals surface area contributed by atoms with Gasteiger partial charge in [0.15, 0.2) is 0 Å². The number of carbonyl (C=O) groups is 1. The molecule has 0 amide bonds. The number of carboxylic acid groups (broad SMARTS) is 1. The van der Waals surface area contributed by atoms with Crippen molar-refractivity contribution in [2.24, 2.45) is 5.73 Å². The van der Waals surface area contributed by atoms with Crippen LogP contribution < -0.4 is 5.73 Å². The van der Waals surface area contributed by atoms with Gasteiger partial charge in [-0.1, -0.05) is 0 Å². The summed E-state index contributed by atoms with van der Waals surface area (Å²) < 4.78 is 28.0. The Labute approximate surface area is 69.5 Å². The van der Waals surface area contributed by atoms with Crippen molar-refractivity contribution in [3.8, 4) is 0 Å². The zero-order chi connectivity index (χ0) is 8.36. The molecule has 0 radical (unpaired) electrons. The Bertz CT molecular complexity index is 224. The molecule has 1 atom stereocenters. The van der Waals surface area contributed by atoms with Crippen LogP contribution in [-0.4, -0.2) is 35.8 Å². The Morgan fingerprint density at radius 2 is 1.91 bits per heavy atom. The molecule has 11 heavy (non-hydrogen) atoms. The van der Waals surface area contributed by atoms with Gasteiger partial charge < -0.3 is 10.8 Å². The van der Waals surface area contributed by atoms with E-state index in [0.29, 0.717) is 0 Å². The zero-order valence-corrected chi connectivity index (χ0v) is 6.93. The Balaban J connectivity index is 0. The van der Waals surface area contributed by atoms with Crippen molar-refractivity contribution in [2.75, 3.05) is 5.75 Å². The average Bonchev–Trinajstić information content (AvgIpc) is 1.60. The van der Waals surface area contributed by atoms with Crippen LogP contribution in [-0.2, 0) is 14.9 Å². The molecule has 0 spiro atoms. The fourth-order valence-electron chi connectivity index (χ4n) is 0.298. The van der Waals surface area contributed by atoms with Crippen molar-refractivity contribution in [2.45, 2.75) is 6.04 Å². The molecule has 0 aliphatic carbocycles. The summed E-state index contributed by atoms with van der Waals surface area (Å²) in [5.74, 6) is -2.42. The summed E-state index contributed by atoms with van der Waals surface area (Å²) in [4.78, 5) is 9.88. The van der Waals surface area contributed by atoms with Gasteiger partial charge in [0, 0.05) is 0 Å². The molecule has 0 aromatic rings. The summed E-state index contributed by atoms with van der Waals surface area (Å²) in [6, 6.07) is -1.56. The topological polar surface area (TPSA) is 118 Å². The third kappa shape index (κ3) is 7.53. The predicted molar refractivity (Wildman–Crippen MR) is 39.3 cm³/mol. The third-order valence-electron chi connectivity index (χ3n) is 0.707. The van der Waals surface area contributed by atoms with Crippen molar-refractivity contribution < 1.29 is 22.9 Å². The third-order valence-corrected chi connectivity index (χ3v) is 1.49. The van der Waals surface area contributed by atoms with Gasteiger partial charge in [-0.25, -0.2) is 0 Å². The van der Waals surface area contributed by atoms with Crippen molar-refractivity contribution in [3.05, 3.63) is 0 Å². The molecule has 4 N–H and O–H groups in total. The number of hydrogen-bond acceptors (Lipinski definition) is 4.